The quantitative estimate of drug-likeness (QED) is 0.855. The standard InChI is InChI=1S/C16H16FN3O5/c1-8(21)7-20-13(22)16(25-15(20)24)4-3-9-5-12(19-14(23)18-2)11(17)6-10(9)16/h5-6H,3-4,7H2,1-2H3,(H2,18,19,23)/t16-/m0/s1. The maximum atomic E-state index is 14.3. The highest BCUT2D eigenvalue weighted by Crippen LogP contribution is 2.46. The number of nitrogens with zero attached hydrogens (tertiary/aromatic N) is 1. The van der Waals surface area contributed by atoms with Crippen LogP contribution in [0.3, 0.4) is 0 Å². The van der Waals surface area contributed by atoms with Gasteiger partial charge in [0.15, 0.2) is 0 Å². The van der Waals surface area contributed by atoms with Crippen LogP contribution >= 0.6 is 0 Å². The van der Waals surface area contributed by atoms with Crippen LogP contribution in [0.1, 0.15) is 24.5 Å². The van der Waals surface area contributed by atoms with Crippen molar-refractivity contribution in [2.24, 2.45) is 0 Å². The average Bonchev–Trinajstić information content (AvgIpc) is 3.01. The number of halogens is 1. The zero-order chi connectivity index (χ0) is 18.4. The Morgan fingerprint density at radius 1 is 1.36 bits per heavy atom. The molecule has 2 N–H and O–H groups in total. The first-order valence-corrected chi connectivity index (χ1v) is 7.64. The summed E-state index contributed by atoms with van der Waals surface area (Å²) in [6, 6.07) is 1.93. The minimum Gasteiger partial charge on any atom is -0.427 e. The summed E-state index contributed by atoms with van der Waals surface area (Å²) in [6.07, 6.45) is -0.393. The zero-order valence-electron chi connectivity index (χ0n) is 13.6. The molecule has 0 unspecified atom stereocenters. The minimum absolute atomic E-state index is 0.0347. The van der Waals surface area contributed by atoms with Gasteiger partial charge in [-0.2, -0.15) is 0 Å². The van der Waals surface area contributed by atoms with Gasteiger partial charge in [-0.3, -0.25) is 9.59 Å². The van der Waals surface area contributed by atoms with E-state index in [0.717, 1.165) is 11.0 Å². The van der Waals surface area contributed by atoms with Gasteiger partial charge >= 0.3 is 12.1 Å². The Morgan fingerprint density at radius 2 is 2.08 bits per heavy atom. The van der Waals surface area contributed by atoms with Gasteiger partial charge in [-0.1, -0.05) is 0 Å². The van der Waals surface area contributed by atoms with Crippen LogP contribution in [0.5, 0.6) is 0 Å². The highest BCUT2D eigenvalue weighted by molar-refractivity contribution is 6.06. The molecule has 1 spiro atoms. The van der Waals surface area contributed by atoms with Crippen LogP contribution in [0.2, 0.25) is 0 Å². The van der Waals surface area contributed by atoms with Crippen LogP contribution in [0.4, 0.5) is 19.7 Å². The minimum atomic E-state index is -1.60. The van der Waals surface area contributed by atoms with Gasteiger partial charge in [-0.05, 0) is 31.0 Å². The smallest absolute Gasteiger partial charge is 0.418 e. The molecule has 0 bridgehead atoms. The molecule has 4 amide bonds. The number of fused-ring (bicyclic) bond motifs is 2. The predicted molar refractivity (Wildman–Crippen MR) is 83.4 cm³/mol. The predicted octanol–water partition coefficient (Wildman–Crippen LogP) is 1.29. The second-order valence-electron chi connectivity index (χ2n) is 5.98. The average molecular weight is 349 g/mol. The number of ketones is 1. The van der Waals surface area contributed by atoms with E-state index in [1.165, 1.54) is 20.0 Å². The molecule has 0 saturated carbocycles. The van der Waals surface area contributed by atoms with Gasteiger partial charge in [-0.25, -0.2) is 18.9 Å². The number of nitrogens with one attached hydrogen (secondary N) is 2. The van der Waals surface area contributed by atoms with Crippen molar-refractivity contribution in [1.82, 2.24) is 10.2 Å². The van der Waals surface area contributed by atoms with Gasteiger partial charge < -0.3 is 15.4 Å². The third-order valence-corrected chi connectivity index (χ3v) is 4.30. The fourth-order valence-electron chi connectivity index (χ4n) is 3.16. The Balaban J connectivity index is 1.98. The molecular weight excluding hydrogens is 333 g/mol. The number of amides is 4. The number of urea groups is 1. The molecule has 1 aromatic rings. The Kier molecular flexibility index (Phi) is 3.94. The van der Waals surface area contributed by atoms with Crippen molar-refractivity contribution >= 4 is 29.5 Å². The van der Waals surface area contributed by atoms with Gasteiger partial charge in [0.2, 0.25) is 5.60 Å². The summed E-state index contributed by atoms with van der Waals surface area (Å²) in [5.74, 6) is -1.78. The molecule has 9 heteroatoms. The zero-order valence-corrected chi connectivity index (χ0v) is 13.6. The van der Waals surface area contributed by atoms with E-state index in [9.17, 15) is 23.6 Å². The molecule has 1 fully saturated rings. The lowest BCUT2D eigenvalue weighted by Gasteiger charge is -2.20. The number of imide groups is 1. The second-order valence-corrected chi connectivity index (χ2v) is 5.98. The second kappa shape index (κ2) is 5.83. The molecule has 1 heterocycles. The molecule has 0 aromatic heterocycles. The Hall–Kier alpha value is -2.97. The van der Waals surface area contributed by atoms with Gasteiger partial charge in [0, 0.05) is 19.0 Å². The Morgan fingerprint density at radius 3 is 2.72 bits per heavy atom. The number of Topliss-reactive ketones (excluding diaryl/α,β-unsaturated/α-hetero) is 1. The number of hydrogen-bond donors (Lipinski definition) is 2. The van der Waals surface area contributed by atoms with Gasteiger partial charge in [0.05, 0.1) is 12.2 Å². The number of aryl methyl sites for hydroxylation is 1. The first kappa shape index (κ1) is 16.9. The largest absolute Gasteiger partial charge is 0.427 e. The first-order chi connectivity index (χ1) is 11.8. The van der Waals surface area contributed by atoms with E-state index in [2.05, 4.69) is 10.6 Å². The highest BCUT2D eigenvalue weighted by Gasteiger charge is 2.58. The Labute approximate surface area is 142 Å². The number of carbonyl (C=O) groups excluding carboxylic acids is 4. The Bertz CT molecular complexity index is 809. The molecular formula is C16H16FN3O5. The van der Waals surface area contributed by atoms with Crippen molar-refractivity contribution in [2.45, 2.75) is 25.4 Å². The van der Waals surface area contributed by atoms with Crippen molar-refractivity contribution in [3.8, 4) is 0 Å². The van der Waals surface area contributed by atoms with E-state index in [-0.39, 0.29) is 30.0 Å². The third-order valence-electron chi connectivity index (χ3n) is 4.30. The molecule has 25 heavy (non-hydrogen) atoms. The molecule has 0 radical (unpaired) electrons. The number of hydrogen-bond acceptors (Lipinski definition) is 5. The summed E-state index contributed by atoms with van der Waals surface area (Å²) < 4.78 is 19.6. The van der Waals surface area contributed by atoms with Crippen molar-refractivity contribution in [1.29, 1.82) is 0 Å². The molecule has 1 aliphatic heterocycles. The summed E-state index contributed by atoms with van der Waals surface area (Å²) in [5, 5.41) is 4.67. The molecule has 1 aliphatic carbocycles. The van der Waals surface area contributed by atoms with E-state index >= 15 is 0 Å². The molecule has 1 atom stereocenters. The van der Waals surface area contributed by atoms with Crippen LogP contribution in [-0.2, 0) is 26.3 Å². The van der Waals surface area contributed by atoms with E-state index in [1.54, 1.807) is 0 Å². The monoisotopic (exact) mass is 349 g/mol. The van der Waals surface area contributed by atoms with E-state index in [0.29, 0.717) is 12.0 Å². The van der Waals surface area contributed by atoms with Crippen LogP contribution in [0, 0.1) is 5.82 Å². The third kappa shape index (κ3) is 2.61. The summed E-state index contributed by atoms with van der Waals surface area (Å²) in [6.45, 7) is 0.873. The van der Waals surface area contributed by atoms with E-state index in [4.69, 9.17) is 4.74 Å². The molecule has 132 valence electrons. The van der Waals surface area contributed by atoms with Crippen LogP contribution in [0.15, 0.2) is 12.1 Å². The highest BCUT2D eigenvalue weighted by atomic mass is 19.1. The first-order valence-electron chi connectivity index (χ1n) is 7.64. The number of carbonyl (C=O) groups is 4. The lowest BCUT2D eigenvalue weighted by Crippen LogP contribution is -2.39. The summed E-state index contributed by atoms with van der Waals surface area (Å²) in [7, 11) is 1.40. The van der Waals surface area contributed by atoms with Gasteiger partial charge in [0.1, 0.15) is 11.6 Å². The lowest BCUT2D eigenvalue weighted by molar-refractivity contribution is -0.139. The molecule has 8 nitrogen and oxygen atoms in total. The summed E-state index contributed by atoms with van der Waals surface area (Å²) in [4.78, 5) is 48.1. The fraction of sp³-hybridized carbons (Fsp3) is 0.375. The van der Waals surface area contributed by atoms with Crippen LogP contribution in [0.25, 0.3) is 0 Å². The van der Waals surface area contributed by atoms with Crippen molar-refractivity contribution in [2.75, 3.05) is 18.9 Å². The summed E-state index contributed by atoms with van der Waals surface area (Å²) in [5.41, 5.74) is -0.795. The van der Waals surface area contributed by atoms with E-state index < -0.39 is 29.4 Å². The van der Waals surface area contributed by atoms with Gasteiger partial charge in [0.25, 0.3) is 5.91 Å². The molecule has 1 saturated heterocycles. The lowest BCUT2D eigenvalue weighted by atomic mass is 9.94. The molecule has 3 rings (SSSR count). The normalized spacial score (nSPS) is 21.3. The fourth-order valence-corrected chi connectivity index (χ4v) is 3.16. The molecule has 1 aromatic carbocycles. The van der Waals surface area contributed by atoms with Gasteiger partial charge in [-0.15, -0.1) is 0 Å². The van der Waals surface area contributed by atoms with Crippen LogP contribution < -0.4 is 10.6 Å². The maximum Gasteiger partial charge on any atom is 0.418 e. The number of benzene rings is 1. The van der Waals surface area contributed by atoms with Crippen molar-refractivity contribution < 1.29 is 28.3 Å². The summed E-state index contributed by atoms with van der Waals surface area (Å²) >= 11 is 0. The van der Waals surface area contributed by atoms with Crippen molar-refractivity contribution in [3.05, 3.63) is 29.1 Å². The molecule has 2 aliphatic rings. The number of anilines is 1. The topological polar surface area (TPSA) is 105 Å². The van der Waals surface area contributed by atoms with Crippen molar-refractivity contribution in [3.63, 3.8) is 0 Å². The number of rotatable bonds is 3. The number of ether oxygens (including phenoxy) is 1. The SMILES string of the molecule is CNC(=O)Nc1cc2c(cc1F)[C@]1(CC2)OC(=O)N(CC(C)=O)C1=O. The maximum absolute atomic E-state index is 14.3. The van der Waals surface area contributed by atoms with Crippen LogP contribution in [-0.4, -0.2) is 42.3 Å². The van der Waals surface area contributed by atoms with E-state index in [1.807, 2.05) is 0 Å².